The zero-order valence-electron chi connectivity index (χ0n) is 8.74. The van der Waals surface area contributed by atoms with Gasteiger partial charge in [0.05, 0.1) is 5.56 Å². The zero-order chi connectivity index (χ0) is 10.8. The van der Waals surface area contributed by atoms with Crippen molar-refractivity contribution in [2.45, 2.75) is 13.8 Å². The molecule has 0 bridgehead atoms. The van der Waals surface area contributed by atoms with Crippen LogP contribution in [-0.4, -0.2) is 9.97 Å². The number of aryl methyl sites for hydroxylation is 2. The molecule has 3 heteroatoms. The third kappa shape index (κ3) is 1.96. The third-order valence-electron chi connectivity index (χ3n) is 2.29. The number of aromatic nitrogens is 2. The lowest BCUT2D eigenvalue weighted by Crippen LogP contribution is -2.11. The molecule has 1 aromatic heterocycles. The lowest BCUT2D eigenvalue weighted by molar-refractivity contribution is 1.02. The van der Waals surface area contributed by atoms with Gasteiger partial charge in [-0.1, -0.05) is 29.8 Å². The highest BCUT2D eigenvalue weighted by Gasteiger charge is 2.02. The van der Waals surface area contributed by atoms with Gasteiger partial charge in [0.1, 0.15) is 5.82 Å². The van der Waals surface area contributed by atoms with Gasteiger partial charge in [-0.2, -0.15) is 0 Å². The van der Waals surface area contributed by atoms with E-state index in [1.807, 2.05) is 31.2 Å². The van der Waals surface area contributed by atoms with E-state index in [-0.39, 0.29) is 5.56 Å². The fourth-order valence-corrected chi connectivity index (χ4v) is 1.42. The second-order valence-electron chi connectivity index (χ2n) is 3.58. The zero-order valence-corrected chi connectivity index (χ0v) is 8.74. The van der Waals surface area contributed by atoms with E-state index >= 15 is 0 Å². The quantitative estimate of drug-likeness (QED) is 0.765. The van der Waals surface area contributed by atoms with Gasteiger partial charge in [-0.05, 0) is 19.4 Å². The number of hydrogen-bond donors (Lipinski definition) is 1. The predicted octanol–water partition coefficient (Wildman–Crippen LogP) is 2.05. The Hall–Kier alpha value is -1.90. The monoisotopic (exact) mass is 200 g/mol. The second kappa shape index (κ2) is 3.69. The Balaban J connectivity index is 2.55. The molecule has 0 atom stereocenters. The second-order valence-corrected chi connectivity index (χ2v) is 3.58. The van der Waals surface area contributed by atoms with Crippen LogP contribution in [0.5, 0.6) is 0 Å². The molecule has 0 amide bonds. The van der Waals surface area contributed by atoms with Gasteiger partial charge in [0.2, 0.25) is 0 Å². The Labute approximate surface area is 87.8 Å². The number of hydrogen-bond acceptors (Lipinski definition) is 2. The highest BCUT2D eigenvalue weighted by Crippen LogP contribution is 2.14. The molecule has 1 N–H and O–H groups in total. The maximum absolute atomic E-state index is 11.6. The molecule has 76 valence electrons. The van der Waals surface area contributed by atoms with Crippen LogP contribution in [0.1, 0.15) is 11.4 Å². The summed E-state index contributed by atoms with van der Waals surface area (Å²) in [6.07, 6.45) is 1.61. The van der Waals surface area contributed by atoms with Crippen molar-refractivity contribution in [2.75, 3.05) is 0 Å². The van der Waals surface area contributed by atoms with Crippen molar-refractivity contribution in [1.29, 1.82) is 0 Å². The minimum absolute atomic E-state index is 0.0913. The molecule has 0 radical (unpaired) electrons. The van der Waals surface area contributed by atoms with Crippen LogP contribution in [0.3, 0.4) is 0 Å². The SMILES string of the molecule is Cc1ccc(-c2cnc(C)[nH]c2=O)cc1. The van der Waals surface area contributed by atoms with Crippen LogP contribution in [0.25, 0.3) is 11.1 Å². The van der Waals surface area contributed by atoms with Gasteiger partial charge in [-0.25, -0.2) is 4.98 Å². The Bertz CT molecular complexity index is 526. The molecule has 2 rings (SSSR count). The van der Waals surface area contributed by atoms with Gasteiger partial charge in [0.15, 0.2) is 0 Å². The van der Waals surface area contributed by atoms with Gasteiger partial charge in [0.25, 0.3) is 5.56 Å². The molecule has 3 nitrogen and oxygen atoms in total. The van der Waals surface area contributed by atoms with Crippen LogP contribution in [0.4, 0.5) is 0 Å². The van der Waals surface area contributed by atoms with E-state index in [4.69, 9.17) is 0 Å². The summed E-state index contributed by atoms with van der Waals surface area (Å²) in [5, 5.41) is 0. The minimum atomic E-state index is -0.0913. The maximum Gasteiger partial charge on any atom is 0.258 e. The molecular weight excluding hydrogens is 188 g/mol. The van der Waals surface area contributed by atoms with Crippen LogP contribution in [0.15, 0.2) is 35.3 Å². The van der Waals surface area contributed by atoms with Crippen molar-refractivity contribution in [3.63, 3.8) is 0 Å². The van der Waals surface area contributed by atoms with Gasteiger partial charge < -0.3 is 4.98 Å². The highest BCUT2D eigenvalue weighted by atomic mass is 16.1. The van der Waals surface area contributed by atoms with Crippen LogP contribution < -0.4 is 5.56 Å². The molecule has 2 aromatic rings. The first kappa shape index (κ1) is 9.65. The molecular formula is C12H12N2O. The molecule has 0 fully saturated rings. The van der Waals surface area contributed by atoms with Gasteiger partial charge >= 0.3 is 0 Å². The molecule has 1 heterocycles. The first-order chi connectivity index (χ1) is 7.16. The van der Waals surface area contributed by atoms with Crippen molar-refractivity contribution in [2.24, 2.45) is 0 Å². The van der Waals surface area contributed by atoms with Crippen LogP contribution in [0, 0.1) is 13.8 Å². The number of nitrogens with zero attached hydrogens (tertiary/aromatic N) is 1. The average molecular weight is 200 g/mol. The molecule has 0 aliphatic heterocycles. The van der Waals surface area contributed by atoms with E-state index in [0.717, 1.165) is 5.56 Å². The lowest BCUT2D eigenvalue weighted by Gasteiger charge is -2.01. The average Bonchev–Trinajstić information content (AvgIpc) is 2.20. The van der Waals surface area contributed by atoms with E-state index in [1.54, 1.807) is 13.1 Å². The third-order valence-corrected chi connectivity index (χ3v) is 2.29. The van der Waals surface area contributed by atoms with Gasteiger partial charge in [-0.3, -0.25) is 4.79 Å². The van der Waals surface area contributed by atoms with Crippen molar-refractivity contribution in [3.05, 3.63) is 52.2 Å². The molecule has 0 saturated heterocycles. The predicted molar refractivity (Wildman–Crippen MR) is 59.8 cm³/mol. The smallest absolute Gasteiger partial charge is 0.258 e. The first-order valence-electron chi connectivity index (χ1n) is 4.80. The number of benzene rings is 1. The van der Waals surface area contributed by atoms with Gasteiger partial charge in [0, 0.05) is 6.20 Å². The molecule has 0 aliphatic carbocycles. The van der Waals surface area contributed by atoms with Crippen LogP contribution in [-0.2, 0) is 0 Å². The summed E-state index contributed by atoms with van der Waals surface area (Å²) in [6.45, 7) is 3.78. The lowest BCUT2D eigenvalue weighted by atomic mass is 10.1. The van der Waals surface area contributed by atoms with Crippen molar-refractivity contribution in [1.82, 2.24) is 9.97 Å². The van der Waals surface area contributed by atoms with E-state index in [9.17, 15) is 4.79 Å². The fraction of sp³-hybridized carbons (Fsp3) is 0.167. The summed E-state index contributed by atoms with van der Waals surface area (Å²) in [6, 6.07) is 7.82. The Morgan fingerprint density at radius 2 is 1.80 bits per heavy atom. The molecule has 0 saturated carbocycles. The van der Waals surface area contributed by atoms with Crippen LogP contribution in [0.2, 0.25) is 0 Å². The van der Waals surface area contributed by atoms with Gasteiger partial charge in [-0.15, -0.1) is 0 Å². The largest absolute Gasteiger partial charge is 0.310 e. The number of rotatable bonds is 1. The Kier molecular flexibility index (Phi) is 2.37. The summed E-state index contributed by atoms with van der Waals surface area (Å²) in [4.78, 5) is 18.4. The number of aromatic amines is 1. The fourth-order valence-electron chi connectivity index (χ4n) is 1.42. The number of H-pyrrole nitrogens is 1. The Morgan fingerprint density at radius 3 is 2.40 bits per heavy atom. The summed E-state index contributed by atoms with van der Waals surface area (Å²) in [5.74, 6) is 0.635. The van der Waals surface area contributed by atoms with E-state index in [1.165, 1.54) is 5.56 Å². The van der Waals surface area contributed by atoms with Crippen molar-refractivity contribution in [3.8, 4) is 11.1 Å². The minimum Gasteiger partial charge on any atom is -0.310 e. The van der Waals surface area contributed by atoms with E-state index in [0.29, 0.717) is 11.4 Å². The first-order valence-corrected chi connectivity index (χ1v) is 4.80. The topological polar surface area (TPSA) is 45.8 Å². The number of nitrogens with one attached hydrogen (secondary N) is 1. The standard InChI is InChI=1S/C12H12N2O/c1-8-3-5-10(6-4-8)11-7-13-9(2)14-12(11)15/h3-7H,1-2H3,(H,13,14,15). The molecule has 0 spiro atoms. The summed E-state index contributed by atoms with van der Waals surface area (Å²) < 4.78 is 0. The van der Waals surface area contributed by atoms with Crippen LogP contribution >= 0.6 is 0 Å². The van der Waals surface area contributed by atoms with E-state index in [2.05, 4.69) is 9.97 Å². The van der Waals surface area contributed by atoms with Crippen molar-refractivity contribution < 1.29 is 0 Å². The molecule has 15 heavy (non-hydrogen) atoms. The summed E-state index contributed by atoms with van der Waals surface area (Å²) >= 11 is 0. The highest BCUT2D eigenvalue weighted by molar-refractivity contribution is 5.61. The normalized spacial score (nSPS) is 10.3. The summed E-state index contributed by atoms with van der Waals surface area (Å²) in [7, 11) is 0. The maximum atomic E-state index is 11.6. The molecule has 0 unspecified atom stereocenters. The van der Waals surface area contributed by atoms with E-state index < -0.39 is 0 Å². The Morgan fingerprint density at radius 1 is 1.13 bits per heavy atom. The molecule has 1 aromatic carbocycles. The molecule has 0 aliphatic rings. The van der Waals surface area contributed by atoms with Crippen molar-refractivity contribution >= 4 is 0 Å². The summed E-state index contributed by atoms with van der Waals surface area (Å²) in [5.41, 5.74) is 2.59.